The van der Waals surface area contributed by atoms with Crippen LogP contribution in [0.5, 0.6) is 0 Å². The Hall–Kier alpha value is -1.10. The Balaban J connectivity index is 2.15. The van der Waals surface area contributed by atoms with Crippen LogP contribution < -0.4 is 5.32 Å². The quantitative estimate of drug-likeness (QED) is 0.795. The van der Waals surface area contributed by atoms with Crippen molar-refractivity contribution >= 4 is 50.7 Å². The molecule has 1 N–H and O–H groups in total. The van der Waals surface area contributed by atoms with Gasteiger partial charge in [-0.15, -0.1) is 0 Å². The zero-order valence-electron chi connectivity index (χ0n) is 10.1. The van der Waals surface area contributed by atoms with Crippen LogP contribution >= 0.6 is 39.1 Å². The Kier molecular flexibility index (Phi) is 5.02. The van der Waals surface area contributed by atoms with Crippen LogP contribution in [-0.4, -0.2) is 5.91 Å². The molecule has 6 heteroatoms. The fraction of sp³-hybridized carbons (Fsp3) is 0.0714. The molecule has 2 rings (SSSR count). The molecule has 0 saturated heterocycles. The fourth-order valence-electron chi connectivity index (χ4n) is 1.66. The molecule has 0 heterocycles. The molecule has 0 unspecified atom stereocenters. The van der Waals surface area contributed by atoms with Gasteiger partial charge in [-0.2, -0.15) is 0 Å². The van der Waals surface area contributed by atoms with Gasteiger partial charge >= 0.3 is 0 Å². The van der Waals surface area contributed by atoms with Crippen LogP contribution in [0.4, 0.5) is 10.1 Å². The summed E-state index contributed by atoms with van der Waals surface area (Å²) in [6, 6.07) is 9.44. The zero-order valence-corrected chi connectivity index (χ0v) is 13.2. The second kappa shape index (κ2) is 6.57. The van der Waals surface area contributed by atoms with Crippen LogP contribution in [-0.2, 0) is 11.2 Å². The van der Waals surface area contributed by atoms with E-state index in [4.69, 9.17) is 23.2 Å². The lowest BCUT2D eigenvalue weighted by molar-refractivity contribution is -0.115. The molecule has 0 bridgehead atoms. The van der Waals surface area contributed by atoms with Crippen molar-refractivity contribution in [2.24, 2.45) is 0 Å². The lowest BCUT2D eigenvalue weighted by Crippen LogP contribution is -2.15. The smallest absolute Gasteiger partial charge is 0.228 e. The molecule has 0 aliphatic rings. The first kappa shape index (κ1) is 15.3. The lowest BCUT2D eigenvalue weighted by atomic mass is 10.1. The SMILES string of the molecule is O=C(Cc1ccccc1Cl)Nc1c(Cl)cc(F)cc1Br. The maximum Gasteiger partial charge on any atom is 0.228 e. The number of halogens is 4. The van der Waals surface area contributed by atoms with Gasteiger partial charge in [0.2, 0.25) is 5.91 Å². The highest BCUT2D eigenvalue weighted by atomic mass is 79.9. The molecule has 2 nitrogen and oxygen atoms in total. The summed E-state index contributed by atoms with van der Waals surface area (Å²) in [7, 11) is 0. The highest BCUT2D eigenvalue weighted by Gasteiger charge is 2.12. The average molecular weight is 377 g/mol. The first-order chi connectivity index (χ1) is 9.47. The number of benzene rings is 2. The molecular weight excluding hydrogens is 368 g/mol. The molecule has 0 aliphatic heterocycles. The standard InChI is InChI=1S/C14H9BrCl2FNO/c15-10-6-9(18)7-12(17)14(10)19-13(20)5-8-3-1-2-4-11(8)16/h1-4,6-7H,5H2,(H,19,20). The van der Waals surface area contributed by atoms with E-state index in [1.165, 1.54) is 6.07 Å². The van der Waals surface area contributed by atoms with Crippen LogP contribution in [0.2, 0.25) is 10.0 Å². The zero-order chi connectivity index (χ0) is 14.7. The van der Waals surface area contributed by atoms with Crippen molar-refractivity contribution in [2.45, 2.75) is 6.42 Å². The topological polar surface area (TPSA) is 29.1 Å². The van der Waals surface area contributed by atoms with Gasteiger partial charge in [0.05, 0.1) is 17.1 Å². The van der Waals surface area contributed by atoms with Gasteiger partial charge in [-0.25, -0.2) is 4.39 Å². The maximum atomic E-state index is 13.1. The van der Waals surface area contributed by atoms with E-state index < -0.39 is 5.82 Å². The van der Waals surface area contributed by atoms with Gasteiger partial charge in [-0.1, -0.05) is 41.4 Å². The Morgan fingerprint density at radius 1 is 1.20 bits per heavy atom. The Morgan fingerprint density at radius 3 is 2.55 bits per heavy atom. The predicted molar refractivity (Wildman–Crippen MR) is 82.9 cm³/mol. The predicted octanol–water partition coefficient (Wildman–Crippen LogP) is 5.08. The first-order valence-electron chi connectivity index (χ1n) is 5.65. The van der Waals surface area contributed by atoms with Gasteiger partial charge in [0.15, 0.2) is 0 Å². The van der Waals surface area contributed by atoms with Crippen LogP contribution in [0, 0.1) is 5.82 Å². The molecular formula is C14H9BrCl2FNO. The molecule has 0 aliphatic carbocycles. The number of hydrogen-bond acceptors (Lipinski definition) is 1. The second-order valence-corrected chi connectivity index (χ2v) is 5.73. The summed E-state index contributed by atoms with van der Waals surface area (Å²) < 4.78 is 13.5. The number of hydrogen-bond donors (Lipinski definition) is 1. The van der Waals surface area contributed by atoms with E-state index in [1.54, 1.807) is 24.3 Å². The third-order valence-electron chi connectivity index (χ3n) is 2.58. The summed E-state index contributed by atoms with van der Waals surface area (Å²) in [4.78, 5) is 12.0. The van der Waals surface area contributed by atoms with E-state index in [0.29, 0.717) is 20.7 Å². The molecule has 1 amide bonds. The number of carbonyl (C=O) groups excluding carboxylic acids is 1. The van der Waals surface area contributed by atoms with Gasteiger partial charge < -0.3 is 5.32 Å². The third-order valence-corrected chi connectivity index (χ3v) is 3.87. The average Bonchev–Trinajstić information content (AvgIpc) is 2.36. The largest absolute Gasteiger partial charge is 0.324 e. The number of amides is 1. The second-order valence-electron chi connectivity index (χ2n) is 4.06. The van der Waals surface area contributed by atoms with Gasteiger partial charge in [0.25, 0.3) is 0 Å². The minimum absolute atomic E-state index is 0.111. The highest BCUT2D eigenvalue weighted by molar-refractivity contribution is 9.10. The summed E-state index contributed by atoms with van der Waals surface area (Å²) >= 11 is 15.1. The highest BCUT2D eigenvalue weighted by Crippen LogP contribution is 2.31. The fourth-order valence-corrected chi connectivity index (χ4v) is 2.76. The molecule has 0 saturated carbocycles. The van der Waals surface area contributed by atoms with E-state index in [-0.39, 0.29) is 17.4 Å². The van der Waals surface area contributed by atoms with Gasteiger partial charge in [0, 0.05) is 9.50 Å². The van der Waals surface area contributed by atoms with Crippen LogP contribution in [0.3, 0.4) is 0 Å². The first-order valence-corrected chi connectivity index (χ1v) is 7.20. The normalized spacial score (nSPS) is 10.4. The summed E-state index contributed by atoms with van der Waals surface area (Å²) in [6.07, 6.45) is 0.111. The van der Waals surface area contributed by atoms with Gasteiger partial charge in [0.1, 0.15) is 5.82 Å². The minimum Gasteiger partial charge on any atom is -0.324 e. The number of rotatable bonds is 3. The molecule has 104 valence electrons. The Morgan fingerprint density at radius 2 is 1.90 bits per heavy atom. The summed E-state index contributed by atoms with van der Waals surface area (Å²) in [5, 5.41) is 3.29. The van der Waals surface area contributed by atoms with E-state index in [9.17, 15) is 9.18 Å². The molecule has 2 aromatic carbocycles. The van der Waals surface area contributed by atoms with Crippen LogP contribution in [0.1, 0.15) is 5.56 Å². The molecule has 0 fully saturated rings. The minimum atomic E-state index is -0.481. The van der Waals surface area contributed by atoms with Crippen molar-refractivity contribution in [1.82, 2.24) is 0 Å². The molecule has 20 heavy (non-hydrogen) atoms. The van der Waals surface area contributed by atoms with Crippen molar-refractivity contribution in [3.8, 4) is 0 Å². The summed E-state index contributed by atoms with van der Waals surface area (Å²) in [5.74, 6) is -0.765. The van der Waals surface area contributed by atoms with Crippen LogP contribution in [0.25, 0.3) is 0 Å². The van der Waals surface area contributed by atoms with Crippen molar-refractivity contribution in [1.29, 1.82) is 0 Å². The molecule has 0 spiro atoms. The third kappa shape index (κ3) is 3.72. The van der Waals surface area contributed by atoms with E-state index in [1.807, 2.05) is 0 Å². The van der Waals surface area contributed by atoms with Gasteiger partial charge in [-0.3, -0.25) is 4.79 Å². The van der Waals surface area contributed by atoms with Crippen molar-refractivity contribution in [3.05, 3.63) is 62.3 Å². The van der Waals surface area contributed by atoms with Gasteiger partial charge in [-0.05, 0) is 39.7 Å². The van der Waals surface area contributed by atoms with Crippen molar-refractivity contribution in [3.63, 3.8) is 0 Å². The van der Waals surface area contributed by atoms with E-state index in [0.717, 1.165) is 6.07 Å². The molecule has 2 aromatic rings. The summed E-state index contributed by atoms with van der Waals surface area (Å²) in [6.45, 7) is 0. The molecule has 0 radical (unpaired) electrons. The lowest BCUT2D eigenvalue weighted by Gasteiger charge is -2.10. The van der Waals surface area contributed by atoms with Crippen LogP contribution in [0.15, 0.2) is 40.9 Å². The summed E-state index contributed by atoms with van der Waals surface area (Å²) in [5.41, 5.74) is 1.05. The van der Waals surface area contributed by atoms with E-state index in [2.05, 4.69) is 21.2 Å². The Bertz CT molecular complexity index is 640. The molecule has 0 atom stereocenters. The van der Waals surface area contributed by atoms with Crippen molar-refractivity contribution in [2.75, 3.05) is 5.32 Å². The maximum absolute atomic E-state index is 13.1. The monoisotopic (exact) mass is 375 g/mol. The number of anilines is 1. The number of nitrogens with one attached hydrogen (secondary N) is 1. The molecule has 0 aromatic heterocycles. The number of carbonyl (C=O) groups is 1. The Labute approximate surface area is 134 Å². The van der Waals surface area contributed by atoms with E-state index >= 15 is 0 Å². The van der Waals surface area contributed by atoms with Crippen molar-refractivity contribution < 1.29 is 9.18 Å².